The largest absolute Gasteiger partial charge is 0.353 e. The van der Waals surface area contributed by atoms with Crippen molar-refractivity contribution in [1.29, 1.82) is 0 Å². The lowest BCUT2D eigenvalue weighted by Crippen LogP contribution is -2.08. The molecule has 5 nitrogen and oxygen atoms in total. The Morgan fingerprint density at radius 1 is 1.14 bits per heavy atom. The van der Waals surface area contributed by atoms with Gasteiger partial charge in [-0.15, -0.1) is 5.10 Å². The average molecular weight is 285 g/mol. The predicted molar refractivity (Wildman–Crippen MR) is 87.0 cm³/mol. The van der Waals surface area contributed by atoms with Crippen molar-refractivity contribution < 1.29 is 0 Å². The van der Waals surface area contributed by atoms with Crippen molar-refractivity contribution >= 4 is 17.5 Å². The topological polar surface area (TPSA) is 62.7 Å². The minimum atomic E-state index is 0.571. The van der Waals surface area contributed by atoms with Gasteiger partial charge in [-0.3, -0.25) is 0 Å². The summed E-state index contributed by atoms with van der Waals surface area (Å²) in [7, 11) is 0. The zero-order chi connectivity index (χ0) is 15.1. The number of benzene rings is 1. The van der Waals surface area contributed by atoms with Crippen LogP contribution in [0.4, 0.5) is 17.5 Å². The first-order chi connectivity index (χ1) is 10.2. The minimum absolute atomic E-state index is 0.571. The highest BCUT2D eigenvalue weighted by Crippen LogP contribution is 2.20. The number of rotatable bonds is 7. The molecule has 0 aliphatic heterocycles. The quantitative estimate of drug-likeness (QED) is 0.757. The summed E-state index contributed by atoms with van der Waals surface area (Å²) in [5.41, 5.74) is 3.44. The van der Waals surface area contributed by atoms with Crippen molar-refractivity contribution in [3.8, 4) is 0 Å². The molecule has 0 aliphatic carbocycles. The van der Waals surface area contributed by atoms with E-state index in [-0.39, 0.29) is 0 Å². The van der Waals surface area contributed by atoms with Crippen LogP contribution in [0, 0.1) is 13.8 Å². The fourth-order valence-electron chi connectivity index (χ4n) is 2.02. The molecule has 0 atom stereocenters. The lowest BCUT2D eigenvalue weighted by molar-refractivity contribution is 0.738. The summed E-state index contributed by atoms with van der Waals surface area (Å²) in [6, 6.07) is 6.29. The second kappa shape index (κ2) is 7.57. The van der Waals surface area contributed by atoms with Gasteiger partial charge in [-0.1, -0.05) is 31.9 Å². The minimum Gasteiger partial charge on any atom is -0.353 e. The second-order valence-corrected chi connectivity index (χ2v) is 5.24. The highest BCUT2D eigenvalue weighted by molar-refractivity contribution is 5.61. The number of nitrogens with zero attached hydrogens (tertiary/aromatic N) is 3. The number of hydrogen-bond acceptors (Lipinski definition) is 5. The van der Waals surface area contributed by atoms with Gasteiger partial charge in [0.25, 0.3) is 0 Å². The Balaban J connectivity index is 2.02. The first kappa shape index (κ1) is 15.2. The van der Waals surface area contributed by atoms with E-state index in [0.717, 1.165) is 18.7 Å². The molecular weight excluding hydrogens is 262 g/mol. The summed E-state index contributed by atoms with van der Waals surface area (Å²) >= 11 is 0. The van der Waals surface area contributed by atoms with Crippen molar-refractivity contribution in [3.05, 3.63) is 35.5 Å². The van der Waals surface area contributed by atoms with E-state index < -0.39 is 0 Å². The lowest BCUT2D eigenvalue weighted by atomic mass is 10.1. The van der Waals surface area contributed by atoms with Crippen LogP contribution in [0.25, 0.3) is 0 Å². The highest BCUT2D eigenvalue weighted by atomic mass is 15.3. The normalized spacial score (nSPS) is 10.4. The fourth-order valence-corrected chi connectivity index (χ4v) is 2.02. The van der Waals surface area contributed by atoms with E-state index in [1.54, 1.807) is 6.20 Å². The Bertz CT molecular complexity index is 583. The van der Waals surface area contributed by atoms with Gasteiger partial charge in [0.1, 0.15) is 0 Å². The Morgan fingerprint density at radius 2 is 2.00 bits per heavy atom. The zero-order valence-electron chi connectivity index (χ0n) is 13.0. The third-order valence-electron chi connectivity index (χ3n) is 3.28. The van der Waals surface area contributed by atoms with E-state index in [1.165, 1.54) is 24.0 Å². The van der Waals surface area contributed by atoms with Crippen LogP contribution < -0.4 is 10.6 Å². The molecule has 0 saturated heterocycles. The number of nitrogens with one attached hydrogen (secondary N) is 2. The van der Waals surface area contributed by atoms with E-state index in [2.05, 4.69) is 64.8 Å². The highest BCUT2D eigenvalue weighted by Gasteiger charge is 2.03. The summed E-state index contributed by atoms with van der Waals surface area (Å²) in [5.74, 6) is 1.28. The second-order valence-electron chi connectivity index (χ2n) is 5.24. The molecule has 21 heavy (non-hydrogen) atoms. The summed E-state index contributed by atoms with van der Waals surface area (Å²) in [4.78, 5) is 4.44. The van der Waals surface area contributed by atoms with Gasteiger partial charge >= 0.3 is 0 Å². The summed E-state index contributed by atoms with van der Waals surface area (Å²) in [6.45, 7) is 7.21. The number of unbranched alkanes of at least 4 members (excludes halogenated alkanes) is 2. The maximum atomic E-state index is 4.44. The van der Waals surface area contributed by atoms with Gasteiger partial charge < -0.3 is 10.6 Å². The van der Waals surface area contributed by atoms with E-state index in [1.807, 2.05) is 0 Å². The third-order valence-corrected chi connectivity index (χ3v) is 3.28. The molecule has 2 rings (SSSR count). The number of hydrogen-bond donors (Lipinski definition) is 2. The molecular formula is C16H23N5. The van der Waals surface area contributed by atoms with Crippen molar-refractivity contribution in [2.24, 2.45) is 0 Å². The van der Waals surface area contributed by atoms with Crippen molar-refractivity contribution in [2.75, 3.05) is 17.2 Å². The Morgan fingerprint density at radius 3 is 2.81 bits per heavy atom. The molecule has 2 N–H and O–H groups in total. The van der Waals surface area contributed by atoms with Crippen LogP contribution in [0.2, 0.25) is 0 Å². The fraction of sp³-hybridized carbons (Fsp3) is 0.438. The molecule has 0 aliphatic rings. The van der Waals surface area contributed by atoms with Crippen molar-refractivity contribution in [3.63, 3.8) is 0 Å². The molecule has 2 aromatic rings. The van der Waals surface area contributed by atoms with Crippen LogP contribution >= 0.6 is 0 Å². The number of aryl methyl sites for hydroxylation is 2. The molecule has 5 heteroatoms. The van der Waals surface area contributed by atoms with Gasteiger partial charge in [-0.2, -0.15) is 10.1 Å². The Hall–Kier alpha value is -2.17. The van der Waals surface area contributed by atoms with Crippen molar-refractivity contribution in [1.82, 2.24) is 15.2 Å². The SMILES string of the molecule is CCCCCNc1nncc(Nc2cc(C)ccc2C)n1. The van der Waals surface area contributed by atoms with Gasteiger partial charge in [-0.05, 0) is 37.5 Å². The Kier molecular flexibility index (Phi) is 5.49. The van der Waals surface area contributed by atoms with Crippen LogP contribution in [-0.2, 0) is 0 Å². The molecule has 0 fully saturated rings. The predicted octanol–water partition coefficient (Wildman–Crippen LogP) is 3.83. The summed E-state index contributed by atoms with van der Waals surface area (Å²) in [5, 5.41) is 14.5. The van der Waals surface area contributed by atoms with E-state index in [4.69, 9.17) is 0 Å². The molecule has 0 saturated carbocycles. The molecule has 0 bridgehead atoms. The lowest BCUT2D eigenvalue weighted by Gasteiger charge is -2.10. The molecule has 112 valence electrons. The molecule has 0 amide bonds. The molecule has 0 radical (unpaired) electrons. The van der Waals surface area contributed by atoms with Crippen LogP contribution in [0.3, 0.4) is 0 Å². The van der Waals surface area contributed by atoms with Gasteiger partial charge in [0.05, 0.1) is 6.20 Å². The van der Waals surface area contributed by atoms with Gasteiger partial charge in [0, 0.05) is 12.2 Å². The van der Waals surface area contributed by atoms with Crippen LogP contribution in [0.5, 0.6) is 0 Å². The maximum Gasteiger partial charge on any atom is 0.244 e. The molecule has 0 unspecified atom stereocenters. The monoisotopic (exact) mass is 285 g/mol. The maximum absolute atomic E-state index is 4.44. The number of aromatic nitrogens is 3. The molecule has 1 aromatic heterocycles. The summed E-state index contributed by atoms with van der Waals surface area (Å²) < 4.78 is 0. The van der Waals surface area contributed by atoms with Gasteiger partial charge in [0.15, 0.2) is 5.82 Å². The first-order valence-electron chi connectivity index (χ1n) is 7.47. The van der Waals surface area contributed by atoms with Crippen LogP contribution in [-0.4, -0.2) is 21.7 Å². The average Bonchev–Trinajstić information content (AvgIpc) is 2.48. The van der Waals surface area contributed by atoms with Gasteiger partial charge in [-0.25, -0.2) is 0 Å². The van der Waals surface area contributed by atoms with Crippen LogP contribution in [0.1, 0.15) is 37.3 Å². The smallest absolute Gasteiger partial charge is 0.244 e. The van der Waals surface area contributed by atoms with E-state index in [0.29, 0.717) is 11.8 Å². The third kappa shape index (κ3) is 4.70. The van der Waals surface area contributed by atoms with Crippen LogP contribution in [0.15, 0.2) is 24.4 Å². The number of anilines is 3. The van der Waals surface area contributed by atoms with E-state index >= 15 is 0 Å². The molecule has 1 aromatic carbocycles. The molecule has 1 heterocycles. The Labute approximate surface area is 126 Å². The molecule has 0 spiro atoms. The summed E-state index contributed by atoms with van der Waals surface area (Å²) in [6.07, 6.45) is 5.17. The van der Waals surface area contributed by atoms with E-state index in [9.17, 15) is 0 Å². The van der Waals surface area contributed by atoms with Gasteiger partial charge in [0.2, 0.25) is 5.95 Å². The first-order valence-corrected chi connectivity index (χ1v) is 7.47. The van der Waals surface area contributed by atoms with Crippen molar-refractivity contribution in [2.45, 2.75) is 40.0 Å². The zero-order valence-corrected chi connectivity index (χ0v) is 13.0. The standard InChI is InChI=1S/C16H23N5/c1-4-5-6-9-17-16-20-15(11-18-21-16)19-14-10-12(2)7-8-13(14)3/h7-8,10-11H,4-6,9H2,1-3H3,(H2,17,19,20,21).